The number of rotatable bonds is 2. The SMILES string of the molecule is Cc1ccccc1[C@H]1CC(=O)c2c(C)nc(N3c4ccccc4C[C@H]3C)nc2C1. The number of benzene rings is 2. The molecule has 0 bridgehead atoms. The molecule has 4 nitrogen and oxygen atoms in total. The Morgan fingerprint density at radius 1 is 0.931 bits per heavy atom. The van der Waals surface area contributed by atoms with Gasteiger partial charge in [0.2, 0.25) is 5.95 Å². The zero-order chi connectivity index (χ0) is 20.1. The monoisotopic (exact) mass is 383 g/mol. The Hall–Kier alpha value is -3.01. The molecule has 0 radical (unpaired) electrons. The summed E-state index contributed by atoms with van der Waals surface area (Å²) in [5, 5.41) is 0. The highest BCUT2D eigenvalue weighted by atomic mass is 16.1. The van der Waals surface area contributed by atoms with Crippen LogP contribution in [-0.4, -0.2) is 21.8 Å². The lowest BCUT2D eigenvalue weighted by molar-refractivity contribution is 0.0962. The number of carbonyl (C=O) groups excluding carboxylic acids is 1. The molecule has 0 saturated carbocycles. The quantitative estimate of drug-likeness (QED) is 0.618. The van der Waals surface area contributed by atoms with Crippen molar-refractivity contribution in [2.45, 2.75) is 52.0 Å². The molecule has 0 fully saturated rings. The molecule has 3 aromatic rings. The third-order valence-corrected chi connectivity index (χ3v) is 6.35. The lowest BCUT2D eigenvalue weighted by Gasteiger charge is -2.28. The van der Waals surface area contributed by atoms with Crippen LogP contribution in [-0.2, 0) is 12.8 Å². The maximum Gasteiger partial charge on any atom is 0.230 e. The summed E-state index contributed by atoms with van der Waals surface area (Å²) in [5.74, 6) is 1.07. The summed E-state index contributed by atoms with van der Waals surface area (Å²) in [7, 11) is 0. The van der Waals surface area contributed by atoms with Crippen LogP contribution in [0.4, 0.5) is 11.6 Å². The van der Waals surface area contributed by atoms with Gasteiger partial charge in [-0.1, -0.05) is 42.5 Å². The van der Waals surface area contributed by atoms with Crippen molar-refractivity contribution in [2.75, 3.05) is 4.90 Å². The minimum atomic E-state index is 0.165. The number of para-hydroxylation sites is 1. The van der Waals surface area contributed by atoms with Gasteiger partial charge in [0, 0.05) is 18.2 Å². The van der Waals surface area contributed by atoms with Crippen LogP contribution in [0.3, 0.4) is 0 Å². The Kier molecular flexibility index (Phi) is 4.23. The number of ketones is 1. The van der Waals surface area contributed by atoms with Crippen molar-refractivity contribution in [3.8, 4) is 0 Å². The second kappa shape index (κ2) is 6.80. The summed E-state index contributed by atoms with van der Waals surface area (Å²) in [6, 6.07) is 17.1. The Labute approximate surface area is 171 Å². The number of fused-ring (bicyclic) bond motifs is 2. The van der Waals surface area contributed by atoms with Crippen LogP contribution in [0.25, 0.3) is 0 Å². The Balaban J connectivity index is 1.58. The topological polar surface area (TPSA) is 46.1 Å². The average molecular weight is 383 g/mol. The summed E-state index contributed by atoms with van der Waals surface area (Å²) in [4.78, 5) is 25.0. The van der Waals surface area contributed by atoms with Crippen molar-refractivity contribution < 1.29 is 4.79 Å². The lowest BCUT2D eigenvalue weighted by Crippen LogP contribution is -2.29. The van der Waals surface area contributed by atoms with Gasteiger partial charge in [-0.05, 0) is 62.3 Å². The fourth-order valence-electron chi connectivity index (χ4n) is 5.00. The lowest BCUT2D eigenvalue weighted by atomic mass is 9.80. The molecule has 1 aromatic heterocycles. The van der Waals surface area contributed by atoms with Crippen molar-refractivity contribution >= 4 is 17.4 Å². The summed E-state index contributed by atoms with van der Waals surface area (Å²) < 4.78 is 0. The highest BCUT2D eigenvalue weighted by Crippen LogP contribution is 2.39. The number of hydrogen-bond donors (Lipinski definition) is 0. The van der Waals surface area contributed by atoms with E-state index in [1.807, 2.05) is 13.0 Å². The van der Waals surface area contributed by atoms with E-state index in [2.05, 4.69) is 61.2 Å². The minimum absolute atomic E-state index is 0.165. The third-order valence-electron chi connectivity index (χ3n) is 6.35. The summed E-state index contributed by atoms with van der Waals surface area (Å²) >= 11 is 0. The predicted octanol–water partition coefficient (Wildman–Crippen LogP) is 5.09. The standard InChI is InChI=1S/C25H25N3O/c1-15-8-4-6-10-20(15)19-13-21-24(23(29)14-19)17(3)26-25(27-21)28-16(2)12-18-9-5-7-11-22(18)28/h4-11,16,19H,12-14H2,1-3H3/t16-,19-/m1/s1. The van der Waals surface area contributed by atoms with Gasteiger partial charge < -0.3 is 4.90 Å². The molecule has 0 unspecified atom stereocenters. The number of Topliss-reactive ketones (excluding diaryl/α,β-unsaturated/α-hetero) is 1. The van der Waals surface area contributed by atoms with Gasteiger partial charge in [-0.2, -0.15) is 0 Å². The third kappa shape index (κ3) is 2.94. The van der Waals surface area contributed by atoms with E-state index in [0.717, 1.165) is 35.7 Å². The van der Waals surface area contributed by atoms with Gasteiger partial charge in [-0.25, -0.2) is 9.97 Å². The van der Waals surface area contributed by atoms with Gasteiger partial charge in [0.05, 0.1) is 17.0 Å². The largest absolute Gasteiger partial charge is 0.307 e. The van der Waals surface area contributed by atoms with Crippen LogP contribution in [0.2, 0.25) is 0 Å². The first-order valence-corrected chi connectivity index (χ1v) is 10.4. The summed E-state index contributed by atoms with van der Waals surface area (Å²) in [5.41, 5.74) is 7.43. The Bertz CT molecular complexity index is 1120. The van der Waals surface area contributed by atoms with Crippen molar-refractivity contribution in [2.24, 2.45) is 0 Å². The molecule has 0 N–H and O–H groups in total. The molecule has 29 heavy (non-hydrogen) atoms. The van der Waals surface area contributed by atoms with Crippen LogP contribution in [0.15, 0.2) is 48.5 Å². The normalized spacial score (nSPS) is 20.5. The summed E-state index contributed by atoms with van der Waals surface area (Å²) in [6.07, 6.45) is 2.30. The molecule has 0 amide bonds. The van der Waals surface area contributed by atoms with Crippen molar-refractivity contribution in [1.82, 2.24) is 9.97 Å². The van der Waals surface area contributed by atoms with Crippen molar-refractivity contribution in [3.05, 3.63) is 82.2 Å². The molecule has 2 atom stereocenters. The smallest absolute Gasteiger partial charge is 0.230 e. The van der Waals surface area contributed by atoms with Crippen LogP contribution < -0.4 is 4.90 Å². The van der Waals surface area contributed by atoms with E-state index in [1.54, 1.807) is 0 Å². The zero-order valence-corrected chi connectivity index (χ0v) is 17.1. The Morgan fingerprint density at radius 2 is 1.69 bits per heavy atom. The van der Waals surface area contributed by atoms with E-state index in [-0.39, 0.29) is 11.7 Å². The molecule has 0 spiro atoms. The molecular formula is C25H25N3O. The van der Waals surface area contributed by atoms with Gasteiger partial charge in [-0.3, -0.25) is 4.79 Å². The maximum atomic E-state index is 13.0. The van der Waals surface area contributed by atoms with E-state index in [0.29, 0.717) is 12.5 Å². The summed E-state index contributed by atoms with van der Waals surface area (Å²) in [6.45, 7) is 6.27. The molecule has 2 heterocycles. The Morgan fingerprint density at radius 3 is 2.52 bits per heavy atom. The van der Waals surface area contributed by atoms with Gasteiger partial charge >= 0.3 is 0 Å². The van der Waals surface area contributed by atoms with Gasteiger partial charge in [0.25, 0.3) is 0 Å². The highest BCUT2D eigenvalue weighted by molar-refractivity contribution is 6.00. The van der Waals surface area contributed by atoms with E-state index in [1.165, 1.54) is 22.4 Å². The second-order valence-corrected chi connectivity index (χ2v) is 8.37. The average Bonchev–Trinajstić information content (AvgIpc) is 3.03. The number of nitrogens with zero attached hydrogens (tertiary/aromatic N) is 3. The van der Waals surface area contributed by atoms with Gasteiger partial charge in [-0.15, -0.1) is 0 Å². The van der Waals surface area contributed by atoms with E-state index >= 15 is 0 Å². The number of anilines is 2. The molecule has 2 aromatic carbocycles. The fourth-order valence-corrected chi connectivity index (χ4v) is 5.00. The molecule has 0 saturated heterocycles. The number of hydrogen-bond acceptors (Lipinski definition) is 4. The fraction of sp³-hybridized carbons (Fsp3) is 0.320. The predicted molar refractivity (Wildman–Crippen MR) is 115 cm³/mol. The molecule has 2 aliphatic rings. The number of aromatic nitrogens is 2. The first-order valence-electron chi connectivity index (χ1n) is 10.4. The second-order valence-electron chi connectivity index (χ2n) is 8.37. The molecule has 1 aliphatic carbocycles. The van der Waals surface area contributed by atoms with Crippen LogP contribution in [0.5, 0.6) is 0 Å². The maximum absolute atomic E-state index is 13.0. The van der Waals surface area contributed by atoms with Gasteiger partial charge in [0.15, 0.2) is 5.78 Å². The molecular weight excluding hydrogens is 358 g/mol. The molecule has 146 valence electrons. The molecule has 5 rings (SSSR count). The molecule has 1 aliphatic heterocycles. The number of aryl methyl sites for hydroxylation is 2. The van der Waals surface area contributed by atoms with Crippen LogP contribution >= 0.6 is 0 Å². The van der Waals surface area contributed by atoms with Gasteiger partial charge in [0.1, 0.15) is 0 Å². The van der Waals surface area contributed by atoms with Crippen LogP contribution in [0.1, 0.15) is 57.7 Å². The minimum Gasteiger partial charge on any atom is -0.307 e. The van der Waals surface area contributed by atoms with E-state index in [9.17, 15) is 4.79 Å². The zero-order valence-electron chi connectivity index (χ0n) is 17.1. The van der Waals surface area contributed by atoms with Crippen LogP contribution in [0, 0.1) is 13.8 Å². The van der Waals surface area contributed by atoms with E-state index < -0.39 is 0 Å². The number of carbonyl (C=O) groups is 1. The first-order chi connectivity index (χ1) is 14.0. The van der Waals surface area contributed by atoms with Crippen molar-refractivity contribution in [3.63, 3.8) is 0 Å². The first kappa shape index (κ1) is 18.0. The van der Waals surface area contributed by atoms with Crippen molar-refractivity contribution in [1.29, 1.82) is 0 Å². The van der Waals surface area contributed by atoms with E-state index in [4.69, 9.17) is 9.97 Å². The highest BCUT2D eigenvalue weighted by Gasteiger charge is 2.34. The molecule has 4 heteroatoms.